The number of carbonyl (C=O) groups is 2. The summed E-state index contributed by atoms with van der Waals surface area (Å²) in [5, 5.41) is 0. The van der Waals surface area contributed by atoms with E-state index in [1.807, 2.05) is 0 Å². The highest BCUT2D eigenvalue weighted by molar-refractivity contribution is 5.82. The third-order valence-electron chi connectivity index (χ3n) is 6.77. The summed E-state index contributed by atoms with van der Waals surface area (Å²) in [4.78, 5) is 25.4. The minimum Gasteiger partial charge on any atom is -0.462 e. The van der Waals surface area contributed by atoms with Gasteiger partial charge in [0.1, 0.15) is 6.10 Å². The third-order valence-corrected chi connectivity index (χ3v) is 6.77. The molecule has 3 rings (SSSR count). The lowest BCUT2D eigenvalue weighted by molar-refractivity contribution is -0.170. The quantitative estimate of drug-likeness (QED) is 0.526. The first kappa shape index (κ1) is 19.7. The van der Waals surface area contributed by atoms with E-state index in [9.17, 15) is 9.59 Å². The predicted octanol–water partition coefficient (Wildman–Crippen LogP) is 3.94. The van der Waals surface area contributed by atoms with Gasteiger partial charge in [0.2, 0.25) is 0 Å². The summed E-state index contributed by atoms with van der Waals surface area (Å²) < 4.78 is 16.1. The van der Waals surface area contributed by atoms with Crippen LogP contribution in [0.4, 0.5) is 0 Å². The molecule has 3 saturated carbocycles. The van der Waals surface area contributed by atoms with E-state index in [-0.39, 0.29) is 52.9 Å². The number of ether oxygens (including phenoxy) is 3. The van der Waals surface area contributed by atoms with Gasteiger partial charge in [0, 0.05) is 13.0 Å². The van der Waals surface area contributed by atoms with Crippen molar-refractivity contribution in [3.05, 3.63) is 0 Å². The first-order valence-electron chi connectivity index (χ1n) is 9.86. The molecule has 0 heterocycles. The van der Waals surface area contributed by atoms with Gasteiger partial charge < -0.3 is 14.2 Å². The summed E-state index contributed by atoms with van der Waals surface area (Å²) in [6.45, 7) is 10.8. The Morgan fingerprint density at radius 3 is 2.27 bits per heavy atom. The smallest absolute Gasteiger partial charge is 0.312 e. The van der Waals surface area contributed by atoms with Crippen molar-refractivity contribution in [1.29, 1.82) is 0 Å². The molecular formula is C21H34O5. The van der Waals surface area contributed by atoms with Crippen molar-refractivity contribution in [1.82, 2.24) is 0 Å². The number of rotatable bonds is 6. The zero-order chi connectivity index (χ0) is 19.3. The Bertz CT molecular complexity index is 575. The zero-order valence-electron chi connectivity index (χ0n) is 17.1. The van der Waals surface area contributed by atoms with Crippen LogP contribution >= 0.6 is 0 Å². The van der Waals surface area contributed by atoms with Crippen LogP contribution in [0.3, 0.4) is 0 Å². The van der Waals surface area contributed by atoms with Gasteiger partial charge in [-0.3, -0.25) is 9.59 Å². The van der Waals surface area contributed by atoms with E-state index in [1.54, 1.807) is 0 Å². The largest absolute Gasteiger partial charge is 0.462 e. The molecule has 5 atom stereocenters. The Balaban J connectivity index is 1.65. The lowest BCUT2D eigenvalue weighted by atomic mass is 9.78. The molecule has 5 unspecified atom stereocenters. The van der Waals surface area contributed by atoms with Gasteiger partial charge in [0.05, 0.1) is 11.3 Å². The molecule has 3 aliphatic rings. The fourth-order valence-corrected chi connectivity index (χ4v) is 5.50. The fraction of sp³-hybridized carbons (Fsp3) is 0.905. The molecule has 148 valence electrons. The van der Waals surface area contributed by atoms with Gasteiger partial charge in [-0.2, -0.15) is 0 Å². The normalized spacial score (nSPS) is 37.5. The highest BCUT2D eigenvalue weighted by Crippen LogP contribution is 2.68. The van der Waals surface area contributed by atoms with Crippen molar-refractivity contribution in [2.75, 3.05) is 13.9 Å². The van der Waals surface area contributed by atoms with Crippen molar-refractivity contribution in [3.8, 4) is 0 Å². The van der Waals surface area contributed by atoms with Crippen molar-refractivity contribution in [3.63, 3.8) is 0 Å². The maximum atomic E-state index is 13.1. The summed E-state index contributed by atoms with van der Waals surface area (Å²) in [6.07, 6.45) is 4.27. The zero-order valence-corrected chi connectivity index (χ0v) is 17.1. The molecule has 26 heavy (non-hydrogen) atoms. The maximum Gasteiger partial charge on any atom is 0.312 e. The molecule has 3 aliphatic carbocycles. The number of esters is 2. The number of fused-ring (bicyclic) bond motifs is 2. The van der Waals surface area contributed by atoms with Gasteiger partial charge in [-0.15, -0.1) is 0 Å². The Kier molecular flexibility index (Phi) is 4.92. The third kappa shape index (κ3) is 3.51. The molecule has 0 radical (unpaired) electrons. The van der Waals surface area contributed by atoms with E-state index in [4.69, 9.17) is 14.2 Å². The summed E-state index contributed by atoms with van der Waals surface area (Å²) in [5.41, 5.74) is -0.307. The molecule has 2 bridgehead atoms. The summed E-state index contributed by atoms with van der Waals surface area (Å²) in [6, 6.07) is 0. The van der Waals surface area contributed by atoms with Crippen molar-refractivity contribution in [2.24, 2.45) is 34.0 Å². The summed E-state index contributed by atoms with van der Waals surface area (Å²) >= 11 is 0. The molecular weight excluding hydrogens is 332 g/mol. The van der Waals surface area contributed by atoms with E-state index in [0.29, 0.717) is 5.92 Å². The van der Waals surface area contributed by atoms with Crippen molar-refractivity contribution >= 4 is 11.9 Å². The van der Waals surface area contributed by atoms with Crippen LogP contribution in [-0.2, 0) is 23.8 Å². The van der Waals surface area contributed by atoms with Crippen LogP contribution in [0.5, 0.6) is 0 Å². The predicted molar refractivity (Wildman–Crippen MR) is 97.1 cm³/mol. The average molecular weight is 366 g/mol. The molecule has 0 aliphatic heterocycles. The Hall–Kier alpha value is -1.10. The monoisotopic (exact) mass is 366 g/mol. The molecule has 0 saturated heterocycles. The van der Waals surface area contributed by atoms with E-state index in [0.717, 1.165) is 32.1 Å². The number of carbonyl (C=O) groups excluding carboxylic acids is 2. The van der Waals surface area contributed by atoms with Crippen LogP contribution in [0, 0.1) is 34.0 Å². The minimum absolute atomic E-state index is 0.00816. The number of methoxy groups -OCH3 is 1. The lowest BCUT2D eigenvalue weighted by Gasteiger charge is -2.32. The molecule has 0 aromatic rings. The Labute approximate surface area is 157 Å². The second kappa shape index (κ2) is 6.50. The van der Waals surface area contributed by atoms with Gasteiger partial charge in [0.15, 0.2) is 6.79 Å². The molecule has 0 spiro atoms. The van der Waals surface area contributed by atoms with Gasteiger partial charge in [-0.25, -0.2) is 0 Å². The van der Waals surface area contributed by atoms with Crippen LogP contribution in [0.2, 0.25) is 0 Å². The van der Waals surface area contributed by atoms with Gasteiger partial charge >= 0.3 is 11.9 Å². The standard InChI is InChI=1S/C21H34O5/c1-19(2,3)10-21(11-20(21,4)5)18(23)26-16-9-13-7-14(16)15(8-13)17(22)25-12-24-6/h13-16H,7-12H2,1-6H3. The van der Waals surface area contributed by atoms with Crippen LogP contribution in [0.15, 0.2) is 0 Å². The first-order chi connectivity index (χ1) is 12.0. The molecule has 5 heteroatoms. The van der Waals surface area contributed by atoms with Crippen molar-refractivity contribution in [2.45, 2.75) is 72.8 Å². The number of hydrogen-bond acceptors (Lipinski definition) is 5. The first-order valence-corrected chi connectivity index (χ1v) is 9.86. The molecule has 0 N–H and O–H groups in total. The van der Waals surface area contributed by atoms with Gasteiger partial charge in [-0.05, 0) is 48.9 Å². The molecule has 0 aromatic heterocycles. The van der Waals surface area contributed by atoms with Crippen molar-refractivity contribution < 1.29 is 23.8 Å². The van der Waals surface area contributed by atoms with E-state index < -0.39 is 0 Å². The van der Waals surface area contributed by atoms with Crippen LogP contribution < -0.4 is 0 Å². The Morgan fingerprint density at radius 2 is 1.77 bits per heavy atom. The fourth-order valence-electron chi connectivity index (χ4n) is 5.50. The van der Waals surface area contributed by atoms with Crippen LogP contribution in [0.25, 0.3) is 0 Å². The van der Waals surface area contributed by atoms with Crippen LogP contribution in [-0.4, -0.2) is 31.9 Å². The highest BCUT2D eigenvalue weighted by Gasteiger charge is 2.68. The van der Waals surface area contributed by atoms with E-state index >= 15 is 0 Å². The minimum atomic E-state index is -0.376. The molecule has 3 fully saturated rings. The highest BCUT2D eigenvalue weighted by atomic mass is 16.7. The topological polar surface area (TPSA) is 61.8 Å². The van der Waals surface area contributed by atoms with E-state index in [1.165, 1.54) is 7.11 Å². The second-order valence-electron chi connectivity index (χ2n) is 10.5. The van der Waals surface area contributed by atoms with E-state index in [2.05, 4.69) is 34.6 Å². The van der Waals surface area contributed by atoms with Gasteiger partial charge in [0.25, 0.3) is 0 Å². The molecule has 0 aromatic carbocycles. The lowest BCUT2D eigenvalue weighted by Crippen LogP contribution is -2.38. The van der Waals surface area contributed by atoms with Crippen LogP contribution in [0.1, 0.15) is 66.7 Å². The Morgan fingerprint density at radius 1 is 1.12 bits per heavy atom. The van der Waals surface area contributed by atoms with Gasteiger partial charge in [-0.1, -0.05) is 34.6 Å². The molecule has 5 nitrogen and oxygen atoms in total. The number of hydrogen-bond donors (Lipinski definition) is 0. The SMILES string of the molecule is COCOC(=O)C1CC2CC(OC(=O)C3(CC(C)(C)C)CC3(C)C)C1C2. The second-order valence-corrected chi connectivity index (χ2v) is 10.5. The summed E-state index contributed by atoms with van der Waals surface area (Å²) in [7, 11) is 1.50. The molecule has 0 amide bonds. The maximum absolute atomic E-state index is 13.1. The average Bonchev–Trinajstić information content (AvgIpc) is 2.87. The summed E-state index contributed by atoms with van der Waals surface area (Å²) in [5.74, 6) is 0.133.